The van der Waals surface area contributed by atoms with Crippen molar-refractivity contribution in [2.24, 2.45) is 0 Å². The van der Waals surface area contributed by atoms with Crippen molar-refractivity contribution in [3.8, 4) is 0 Å². The molecule has 0 aromatic carbocycles. The van der Waals surface area contributed by atoms with Crippen molar-refractivity contribution >= 4 is 26.0 Å². The van der Waals surface area contributed by atoms with Crippen molar-refractivity contribution in [1.82, 2.24) is 13.9 Å². The van der Waals surface area contributed by atoms with Crippen LogP contribution in [0.3, 0.4) is 0 Å². The van der Waals surface area contributed by atoms with Gasteiger partial charge in [0.1, 0.15) is 5.82 Å². The molecule has 1 aromatic rings. The van der Waals surface area contributed by atoms with Crippen LogP contribution in [-0.4, -0.2) is 54.4 Å². The third-order valence-corrected chi connectivity index (χ3v) is 5.02. The summed E-state index contributed by atoms with van der Waals surface area (Å²) >= 11 is 3.38. The highest BCUT2D eigenvalue weighted by atomic mass is 79.9. The van der Waals surface area contributed by atoms with Gasteiger partial charge in [-0.2, -0.15) is 4.31 Å². The zero-order valence-electron chi connectivity index (χ0n) is 11.6. The van der Waals surface area contributed by atoms with Crippen molar-refractivity contribution in [3.05, 3.63) is 12.0 Å². The maximum Gasteiger partial charge on any atom is 0.261 e. The molecule has 0 N–H and O–H groups in total. The van der Waals surface area contributed by atoms with Crippen LogP contribution >= 0.6 is 15.9 Å². The van der Waals surface area contributed by atoms with Crippen LogP contribution in [0.15, 0.2) is 11.2 Å². The second kappa shape index (κ2) is 6.83. The van der Waals surface area contributed by atoms with Gasteiger partial charge in [-0.1, -0.05) is 15.9 Å². The van der Waals surface area contributed by atoms with E-state index in [1.807, 2.05) is 11.5 Å². The Morgan fingerprint density at radius 3 is 2.68 bits per heavy atom. The normalized spacial score (nSPS) is 14.0. The number of imidazole rings is 1. The van der Waals surface area contributed by atoms with Crippen molar-refractivity contribution < 1.29 is 13.2 Å². The van der Waals surface area contributed by atoms with Gasteiger partial charge in [-0.05, 0) is 13.8 Å². The summed E-state index contributed by atoms with van der Waals surface area (Å²) in [5.41, 5.74) is 0. The molecule has 0 saturated heterocycles. The van der Waals surface area contributed by atoms with E-state index in [2.05, 4.69) is 20.9 Å². The van der Waals surface area contributed by atoms with Crippen molar-refractivity contribution in [3.63, 3.8) is 0 Å². The summed E-state index contributed by atoms with van der Waals surface area (Å²) in [5, 5.41) is 0.0893. The number of nitrogens with zero attached hydrogens (tertiary/aromatic N) is 3. The van der Waals surface area contributed by atoms with E-state index in [1.54, 1.807) is 27.3 Å². The Hall–Kier alpha value is -0.440. The van der Waals surface area contributed by atoms with Crippen molar-refractivity contribution in [2.75, 3.05) is 27.3 Å². The Bertz CT molecular complexity index is 515. The molecule has 0 aliphatic carbocycles. The maximum atomic E-state index is 12.3. The highest BCUT2D eigenvalue weighted by Gasteiger charge is 2.26. The fourth-order valence-electron chi connectivity index (χ4n) is 1.69. The largest absolute Gasteiger partial charge is 0.383 e. The molecule has 1 aromatic heterocycles. The maximum absolute atomic E-state index is 12.3. The number of hydrogen-bond acceptors (Lipinski definition) is 4. The zero-order valence-corrected chi connectivity index (χ0v) is 14.0. The summed E-state index contributed by atoms with van der Waals surface area (Å²) in [6, 6.07) is 0. The Kier molecular flexibility index (Phi) is 5.97. The quantitative estimate of drug-likeness (QED) is 0.691. The summed E-state index contributed by atoms with van der Waals surface area (Å²) in [7, 11) is -0.429. The molecular formula is C11H20BrN3O3S. The van der Waals surface area contributed by atoms with Crippen LogP contribution in [0, 0.1) is 6.92 Å². The molecule has 1 atom stereocenters. The average Bonchev–Trinajstić information content (AvgIpc) is 2.71. The fraction of sp³-hybridized carbons (Fsp3) is 0.727. The summed E-state index contributed by atoms with van der Waals surface area (Å²) in [4.78, 5) is 4.06. The molecule has 1 unspecified atom stereocenters. The predicted molar refractivity (Wildman–Crippen MR) is 77.0 cm³/mol. The first-order chi connectivity index (χ1) is 8.82. The Morgan fingerprint density at radius 1 is 1.58 bits per heavy atom. The van der Waals surface area contributed by atoms with Gasteiger partial charge in [0.05, 0.1) is 11.4 Å². The number of aromatic nitrogens is 2. The van der Waals surface area contributed by atoms with Gasteiger partial charge >= 0.3 is 0 Å². The van der Waals surface area contributed by atoms with Gasteiger partial charge < -0.3 is 9.30 Å². The van der Waals surface area contributed by atoms with Crippen LogP contribution in [0.25, 0.3) is 0 Å². The molecule has 0 radical (unpaired) electrons. The van der Waals surface area contributed by atoms with Crippen LogP contribution < -0.4 is 0 Å². The molecule has 6 nitrogen and oxygen atoms in total. The van der Waals surface area contributed by atoms with E-state index >= 15 is 0 Å². The first-order valence-electron chi connectivity index (χ1n) is 5.96. The summed E-state index contributed by atoms with van der Waals surface area (Å²) < 4.78 is 32.8. The lowest BCUT2D eigenvalue weighted by Crippen LogP contribution is -2.34. The molecule has 0 spiro atoms. The molecule has 0 aliphatic rings. The molecule has 1 rings (SSSR count). The minimum atomic E-state index is -3.55. The SMILES string of the molecule is CCn1cc(S(=O)(=O)N(C)CC(Br)COC)nc1C. The van der Waals surface area contributed by atoms with Crippen LogP contribution in [0.2, 0.25) is 0 Å². The highest BCUT2D eigenvalue weighted by Crippen LogP contribution is 2.15. The topological polar surface area (TPSA) is 64.4 Å². The molecule has 0 aliphatic heterocycles. The number of ether oxygens (including phenoxy) is 1. The number of hydrogen-bond donors (Lipinski definition) is 0. The third kappa shape index (κ3) is 4.01. The van der Waals surface area contributed by atoms with Gasteiger partial charge in [-0.3, -0.25) is 0 Å². The number of rotatable bonds is 7. The molecule has 1 heterocycles. The lowest BCUT2D eigenvalue weighted by atomic mass is 10.4. The zero-order chi connectivity index (χ0) is 14.6. The Labute approximate surface area is 122 Å². The fourth-order valence-corrected chi connectivity index (χ4v) is 3.79. The molecule has 0 amide bonds. The third-order valence-electron chi connectivity index (χ3n) is 2.77. The number of aryl methyl sites for hydroxylation is 2. The first-order valence-corrected chi connectivity index (χ1v) is 8.31. The van der Waals surface area contributed by atoms with Gasteiger partial charge in [0, 0.05) is 33.4 Å². The van der Waals surface area contributed by atoms with E-state index in [0.29, 0.717) is 25.5 Å². The van der Waals surface area contributed by atoms with E-state index < -0.39 is 10.0 Å². The highest BCUT2D eigenvalue weighted by molar-refractivity contribution is 9.09. The molecular weight excluding hydrogens is 334 g/mol. The van der Waals surface area contributed by atoms with Gasteiger partial charge in [0.15, 0.2) is 5.03 Å². The van der Waals surface area contributed by atoms with Crippen LogP contribution in [0.5, 0.6) is 0 Å². The predicted octanol–water partition coefficient (Wildman–Crippen LogP) is 1.24. The number of sulfonamides is 1. The summed E-state index contributed by atoms with van der Waals surface area (Å²) in [5.74, 6) is 0.696. The van der Waals surface area contributed by atoms with E-state index in [0.717, 1.165) is 0 Å². The summed E-state index contributed by atoms with van der Waals surface area (Å²) in [6.07, 6.45) is 1.57. The monoisotopic (exact) mass is 353 g/mol. The second-order valence-electron chi connectivity index (χ2n) is 4.25. The molecule has 0 saturated carbocycles. The summed E-state index contributed by atoms with van der Waals surface area (Å²) in [6.45, 7) is 5.21. The molecule has 110 valence electrons. The van der Waals surface area contributed by atoms with E-state index in [-0.39, 0.29) is 9.85 Å². The van der Waals surface area contributed by atoms with Gasteiger partial charge in [0.25, 0.3) is 10.0 Å². The number of halogens is 1. The molecule has 19 heavy (non-hydrogen) atoms. The lowest BCUT2D eigenvalue weighted by molar-refractivity contribution is 0.195. The molecule has 0 bridgehead atoms. The minimum absolute atomic E-state index is 0.0494. The van der Waals surface area contributed by atoms with Crippen molar-refractivity contribution in [2.45, 2.75) is 30.2 Å². The molecule has 0 fully saturated rings. The lowest BCUT2D eigenvalue weighted by Gasteiger charge is -2.18. The smallest absolute Gasteiger partial charge is 0.261 e. The molecule has 8 heteroatoms. The van der Waals surface area contributed by atoms with Gasteiger partial charge in [-0.15, -0.1) is 0 Å². The standard InChI is InChI=1S/C11H20BrN3O3S/c1-5-15-7-11(13-9(15)2)19(16,17)14(3)6-10(12)8-18-4/h7,10H,5-6,8H2,1-4H3. The average molecular weight is 354 g/mol. The van der Waals surface area contributed by atoms with Gasteiger partial charge in [-0.25, -0.2) is 13.4 Å². The van der Waals surface area contributed by atoms with Gasteiger partial charge in [0.2, 0.25) is 0 Å². The van der Waals surface area contributed by atoms with Crippen molar-refractivity contribution in [1.29, 1.82) is 0 Å². The Balaban J connectivity index is 2.90. The Morgan fingerprint density at radius 2 is 2.21 bits per heavy atom. The van der Waals surface area contributed by atoms with Crippen LogP contribution in [0.1, 0.15) is 12.7 Å². The van der Waals surface area contributed by atoms with E-state index in [4.69, 9.17) is 4.74 Å². The van der Waals surface area contributed by atoms with E-state index in [1.165, 1.54) is 4.31 Å². The van der Waals surface area contributed by atoms with E-state index in [9.17, 15) is 8.42 Å². The number of methoxy groups -OCH3 is 1. The second-order valence-corrected chi connectivity index (χ2v) is 7.54. The first kappa shape index (κ1) is 16.6. The number of alkyl halides is 1. The minimum Gasteiger partial charge on any atom is -0.383 e. The van der Waals surface area contributed by atoms with Crippen LogP contribution in [0.4, 0.5) is 0 Å². The van der Waals surface area contributed by atoms with Crippen LogP contribution in [-0.2, 0) is 21.3 Å².